The van der Waals surface area contributed by atoms with Gasteiger partial charge in [0.15, 0.2) is 0 Å². The fourth-order valence-corrected chi connectivity index (χ4v) is 3.97. The summed E-state index contributed by atoms with van der Waals surface area (Å²) in [6.45, 7) is 4.30. The third-order valence-corrected chi connectivity index (χ3v) is 5.45. The Bertz CT molecular complexity index is 882. The lowest BCUT2D eigenvalue weighted by Gasteiger charge is -2.21. The number of rotatable bonds is 4. The van der Waals surface area contributed by atoms with Gasteiger partial charge in [-0.05, 0) is 50.4 Å². The molecule has 130 valence electrons. The van der Waals surface area contributed by atoms with Crippen LogP contribution in [0.3, 0.4) is 0 Å². The van der Waals surface area contributed by atoms with Gasteiger partial charge in [-0.15, -0.1) is 11.3 Å². The van der Waals surface area contributed by atoms with Gasteiger partial charge in [-0.2, -0.15) is 0 Å². The molecule has 0 saturated carbocycles. The molecule has 0 aromatic carbocycles. The molecule has 0 radical (unpaired) electrons. The number of hydrogen-bond donors (Lipinski definition) is 2. The van der Waals surface area contributed by atoms with E-state index in [1.807, 2.05) is 30.5 Å². The van der Waals surface area contributed by atoms with Crippen LogP contribution in [0.4, 0.5) is 0 Å². The summed E-state index contributed by atoms with van der Waals surface area (Å²) < 4.78 is 5.46. The van der Waals surface area contributed by atoms with Crippen molar-refractivity contribution in [2.45, 2.75) is 32.2 Å². The van der Waals surface area contributed by atoms with Gasteiger partial charge in [-0.1, -0.05) is 11.2 Å². The lowest BCUT2D eigenvalue weighted by atomic mass is 9.91. The van der Waals surface area contributed by atoms with E-state index in [9.17, 15) is 4.79 Å². The largest absolute Gasteiger partial charge is 0.347 e. The molecule has 6 nitrogen and oxygen atoms in total. The van der Waals surface area contributed by atoms with Crippen LogP contribution in [0.15, 0.2) is 28.1 Å². The third-order valence-electron chi connectivity index (χ3n) is 4.57. The summed E-state index contributed by atoms with van der Waals surface area (Å²) in [5.74, 6) is 0.193. The van der Waals surface area contributed by atoms with Gasteiger partial charge < -0.3 is 15.2 Å². The number of carbonyl (C=O) groups excluding carboxylic acids is 1. The van der Waals surface area contributed by atoms with E-state index < -0.39 is 0 Å². The van der Waals surface area contributed by atoms with E-state index in [0.717, 1.165) is 47.6 Å². The third kappa shape index (κ3) is 3.29. The molecular formula is C18H20N4O2S. The van der Waals surface area contributed by atoms with E-state index in [2.05, 4.69) is 20.8 Å². The molecule has 3 aromatic rings. The van der Waals surface area contributed by atoms with Gasteiger partial charge in [-0.3, -0.25) is 4.79 Å². The topological polar surface area (TPSA) is 80.0 Å². The Hall–Kier alpha value is -2.25. The molecular weight excluding hydrogens is 336 g/mol. The number of nitrogens with one attached hydrogen (secondary N) is 2. The molecule has 3 aromatic heterocycles. The second-order valence-corrected chi connectivity index (χ2v) is 7.38. The van der Waals surface area contributed by atoms with Crippen LogP contribution in [-0.4, -0.2) is 29.1 Å². The lowest BCUT2D eigenvalue weighted by Crippen LogP contribution is -2.27. The fourth-order valence-electron chi connectivity index (χ4n) is 3.33. The minimum atomic E-state index is -0.109. The molecule has 0 atom stereocenters. The van der Waals surface area contributed by atoms with Crippen molar-refractivity contribution in [3.63, 3.8) is 0 Å². The van der Waals surface area contributed by atoms with Crippen LogP contribution in [0.1, 0.15) is 45.4 Å². The average molecular weight is 356 g/mol. The van der Waals surface area contributed by atoms with Crippen LogP contribution in [0.25, 0.3) is 11.1 Å². The van der Waals surface area contributed by atoms with Crippen LogP contribution >= 0.6 is 11.3 Å². The van der Waals surface area contributed by atoms with Gasteiger partial charge in [0.25, 0.3) is 11.6 Å². The summed E-state index contributed by atoms with van der Waals surface area (Å²) >= 11 is 1.63. The number of thiophene rings is 1. The molecule has 0 spiro atoms. The van der Waals surface area contributed by atoms with Crippen molar-refractivity contribution in [2.75, 3.05) is 13.1 Å². The van der Waals surface area contributed by atoms with Crippen molar-refractivity contribution in [1.29, 1.82) is 0 Å². The summed E-state index contributed by atoms with van der Waals surface area (Å²) in [4.78, 5) is 18.4. The summed E-state index contributed by atoms with van der Waals surface area (Å²) in [5.41, 5.74) is 2.68. The second kappa shape index (κ2) is 6.93. The Labute approximate surface area is 149 Å². The molecule has 1 saturated heterocycles. The first kappa shape index (κ1) is 16.2. The Morgan fingerprint density at radius 2 is 2.28 bits per heavy atom. The van der Waals surface area contributed by atoms with Crippen LogP contribution in [-0.2, 0) is 6.54 Å². The molecule has 1 aliphatic heterocycles. The first-order chi connectivity index (χ1) is 12.2. The normalized spacial score (nSPS) is 15.6. The molecule has 4 heterocycles. The molecule has 4 rings (SSSR count). The highest BCUT2D eigenvalue weighted by atomic mass is 32.1. The predicted octanol–water partition coefficient (Wildman–Crippen LogP) is 2.99. The molecule has 25 heavy (non-hydrogen) atoms. The quantitative estimate of drug-likeness (QED) is 0.751. The summed E-state index contributed by atoms with van der Waals surface area (Å²) in [5, 5.41) is 13.4. The van der Waals surface area contributed by atoms with E-state index in [0.29, 0.717) is 23.7 Å². The fraction of sp³-hybridized carbons (Fsp3) is 0.389. The number of carbonyl (C=O) groups is 1. The van der Waals surface area contributed by atoms with E-state index in [1.54, 1.807) is 11.3 Å². The zero-order valence-electron chi connectivity index (χ0n) is 14.0. The lowest BCUT2D eigenvalue weighted by molar-refractivity contribution is 0.0952. The van der Waals surface area contributed by atoms with E-state index in [-0.39, 0.29) is 5.91 Å². The van der Waals surface area contributed by atoms with Gasteiger partial charge >= 0.3 is 0 Å². The highest BCUT2D eigenvalue weighted by molar-refractivity contribution is 7.09. The van der Waals surface area contributed by atoms with Crippen LogP contribution in [0.5, 0.6) is 0 Å². The van der Waals surface area contributed by atoms with Crippen molar-refractivity contribution in [3.05, 3.63) is 45.4 Å². The van der Waals surface area contributed by atoms with E-state index >= 15 is 0 Å². The number of piperidine rings is 1. The first-order valence-electron chi connectivity index (χ1n) is 8.50. The molecule has 0 bridgehead atoms. The zero-order chi connectivity index (χ0) is 17.2. The summed E-state index contributed by atoms with van der Waals surface area (Å²) in [7, 11) is 0. The van der Waals surface area contributed by atoms with Crippen molar-refractivity contribution in [2.24, 2.45) is 0 Å². The Morgan fingerprint density at radius 3 is 3.04 bits per heavy atom. The number of amides is 1. The molecule has 1 aliphatic rings. The average Bonchev–Trinajstić information content (AvgIpc) is 3.29. The molecule has 0 unspecified atom stereocenters. The number of fused-ring (bicyclic) bond motifs is 1. The maximum atomic E-state index is 12.8. The number of aromatic nitrogens is 2. The first-order valence-corrected chi connectivity index (χ1v) is 9.38. The minimum absolute atomic E-state index is 0.109. The van der Waals surface area contributed by atoms with Crippen molar-refractivity contribution in [3.8, 4) is 0 Å². The van der Waals surface area contributed by atoms with Crippen LogP contribution in [0, 0.1) is 6.92 Å². The monoisotopic (exact) mass is 356 g/mol. The molecule has 1 amide bonds. The van der Waals surface area contributed by atoms with Gasteiger partial charge in [-0.25, -0.2) is 4.98 Å². The SMILES string of the molecule is Cc1cc(C(=O)NCc2cccs2)c2c(C3CCNCC3)noc2n1. The smallest absolute Gasteiger partial charge is 0.259 e. The van der Waals surface area contributed by atoms with Crippen LogP contribution in [0.2, 0.25) is 0 Å². The molecule has 0 aliphatic carbocycles. The summed E-state index contributed by atoms with van der Waals surface area (Å²) in [6, 6.07) is 5.82. The number of aryl methyl sites for hydroxylation is 1. The maximum absolute atomic E-state index is 12.8. The predicted molar refractivity (Wildman–Crippen MR) is 96.9 cm³/mol. The molecule has 2 N–H and O–H groups in total. The molecule has 1 fully saturated rings. The Morgan fingerprint density at radius 1 is 1.44 bits per heavy atom. The van der Waals surface area contributed by atoms with E-state index in [1.165, 1.54) is 0 Å². The van der Waals surface area contributed by atoms with Crippen molar-refractivity contribution >= 4 is 28.3 Å². The maximum Gasteiger partial charge on any atom is 0.259 e. The van der Waals surface area contributed by atoms with Crippen molar-refractivity contribution in [1.82, 2.24) is 20.8 Å². The standard InChI is InChI=1S/C18H20N4O2S/c1-11-9-14(17(23)20-10-13-3-2-8-25-13)15-16(22-24-18(15)21-11)12-4-6-19-7-5-12/h2-3,8-9,12,19H,4-7,10H2,1H3,(H,20,23). The second-order valence-electron chi connectivity index (χ2n) is 6.35. The number of nitrogens with zero attached hydrogens (tertiary/aromatic N) is 2. The van der Waals surface area contributed by atoms with Gasteiger partial charge in [0, 0.05) is 16.5 Å². The highest BCUT2D eigenvalue weighted by Gasteiger charge is 2.26. The van der Waals surface area contributed by atoms with Crippen molar-refractivity contribution < 1.29 is 9.32 Å². The number of pyridine rings is 1. The minimum Gasteiger partial charge on any atom is -0.347 e. The Kier molecular flexibility index (Phi) is 4.50. The zero-order valence-corrected chi connectivity index (χ0v) is 14.9. The van der Waals surface area contributed by atoms with Gasteiger partial charge in [0.2, 0.25) is 0 Å². The van der Waals surface area contributed by atoms with E-state index in [4.69, 9.17) is 4.52 Å². The molecule has 7 heteroatoms. The van der Waals surface area contributed by atoms with Gasteiger partial charge in [0.1, 0.15) is 0 Å². The highest BCUT2D eigenvalue weighted by Crippen LogP contribution is 2.32. The van der Waals surface area contributed by atoms with Crippen LogP contribution < -0.4 is 10.6 Å². The number of hydrogen-bond acceptors (Lipinski definition) is 6. The van der Waals surface area contributed by atoms with Gasteiger partial charge in [0.05, 0.1) is 23.2 Å². The summed E-state index contributed by atoms with van der Waals surface area (Å²) in [6.07, 6.45) is 1.98. The Balaban J connectivity index is 1.68.